The zero-order chi connectivity index (χ0) is 23.7. The van der Waals surface area contributed by atoms with Crippen LogP contribution in [0.15, 0.2) is 82.9 Å². The van der Waals surface area contributed by atoms with Crippen molar-refractivity contribution >= 4 is 22.1 Å². The number of carbonyl (C=O) groups is 1. The van der Waals surface area contributed by atoms with E-state index in [2.05, 4.69) is 15.5 Å². The lowest BCUT2D eigenvalue weighted by Crippen LogP contribution is -2.39. The number of hydrogen-bond acceptors (Lipinski definition) is 7. The van der Waals surface area contributed by atoms with Gasteiger partial charge in [0, 0.05) is 18.8 Å². The molecule has 3 aromatic rings. The number of amides is 1. The first-order chi connectivity index (χ1) is 15.9. The van der Waals surface area contributed by atoms with E-state index in [0.29, 0.717) is 11.4 Å². The number of nitrogens with zero attached hydrogens (tertiary/aromatic N) is 3. The van der Waals surface area contributed by atoms with E-state index in [9.17, 15) is 13.2 Å². The molecule has 0 aliphatic rings. The van der Waals surface area contributed by atoms with Crippen molar-refractivity contribution in [2.45, 2.75) is 11.4 Å². The minimum atomic E-state index is -4.06. The highest BCUT2D eigenvalue weighted by Crippen LogP contribution is 2.31. The molecule has 0 saturated carbocycles. The van der Waals surface area contributed by atoms with E-state index in [1.54, 1.807) is 48.7 Å². The van der Waals surface area contributed by atoms with Crippen LogP contribution in [0.25, 0.3) is 0 Å². The van der Waals surface area contributed by atoms with E-state index in [4.69, 9.17) is 9.47 Å². The number of aromatic nitrogens is 1. The van der Waals surface area contributed by atoms with Crippen molar-refractivity contribution in [3.63, 3.8) is 0 Å². The van der Waals surface area contributed by atoms with Crippen LogP contribution >= 0.6 is 0 Å². The Morgan fingerprint density at radius 1 is 1.03 bits per heavy atom. The minimum absolute atomic E-state index is 0.00507. The molecular weight excluding hydrogens is 444 g/mol. The molecule has 9 nitrogen and oxygen atoms in total. The largest absolute Gasteiger partial charge is 0.493 e. The van der Waals surface area contributed by atoms with Crippen LogP contribution in [-0.4, -0.2) is 50.6 Å². The smallest absolute Gasteiger partial charge is 0.255 e. The molecule has 0 atom stereocenters. The van der Waals surface area contributed by atoms with Gasteiger partial charge in [-0.05, 0) is 29.8 Å². The Labute approximate surface area is 192 Å². The first kappa shape index (κ1) is 23.9. The van der Waals surface area contributed by atoms with Crippen LogP contribution in [0.3, 0.4) is 0 Å². The third-order valence-electron chi connectivity index (χ3n) is 4.59. The Morgan fingerprint density at radius 3 is 2.42 bits per heavy atom. The number of methoxy groups -OCH3 is 2. The van der Waals surface area contributed by atoms with Crippen molar-refractivity contribution in [1.82, 2.24) is 14.7 Å². The van der Waals surface area contributed by atoms with E-state index in [0.717, 1.165) is 9.87 Å². The number of hydrazone groups is 1. The van der Waals surface area contributed by atoms with Gasteiger partial charge in [-0.1, -0.05) is 36.4 Å². The highest BCUT2D eigenvalue weighted by atomic mass is 32.2. The summed E-state index contributed by atoms with van der Waals surface area (Å²) in [6.45, 7) is -0.444. The number of nitrogens with one attached hydrogen (secondary N) is 1. The van der Waals surface area contributed by atoms with Crippen LogP contribution in [-0.2, 0) is 21.4 Å². The maximum Gasteiger partial charge on any atom is 0.255 e. The second-order valence-electron chi connectivity index (χ2n) is 6.82. The molecule has 0 bridgehead atoms. The molecule has 0 aliphatic carbocycles. The Hall–Kier alpha value is -3.76. The predicted molar refractivity (Wildman–Crippen MR) is 124 cm³/mol. The summed E-state index contributed by atoms with van der Waals surface area (Å²) < 4.78 is 38.4. The average Bonchev–Trinajstić information content (AvgIpc) is 2.84. The molecule has 3 rings (SSSR count). The third kappa shape index (κ3) is 6.37. The molecule has 1 N–H and O–H groups in total. The molecule has 0 saturated heterocycles. The Balaban J connectivity index is 1.84. The zero-order valence-corrected chi connectivity index (χ0v) is 19.0. The van der Waals surface area contributed by atoms with Crippen LogP contribution in [0.1, 0.15) is 11.3 Å². The van der Waals surface area contributed by atoms with Gasteiger partial charge in [0.15, 0.2) is 11.5 Å². The second kappa shape index (κ2) is 11.2. The van der Waals surface area contributed by atoms with Crippen molar-refractivity contribution in [3.8, 4) is 11.5 Å². The molecule has 1 aromatic heterocycles. The molecule has 10 heteroatoms. The van der Waals surface area contributed by atoms with Crippen LogP contribution < -0.4 is 14.9 Å². The molecule has 1 heterocycles. The Morgan fingerprint density at radius 2 is 1.76 bits per heavy atom. The summed E-state index contributed by atoms with van der Waals surface area (Å²) in [5, 5.41) is 3.86. The minimum Gasteiger partial charge on any atom is -0.493 e. The number of carbonyl (C=O) groups excluding carboxylic acids is 1. The highest BCUT2D eigenvalue weighted by Gasteiger charge is 2.28. The van der Waals surface area contributed by atoms with Crippen molar-refractivity contribution in [3.05, 3.63) is 84.2 Å². The van der Waals surface area contributed by atoms with Gasteiger partial charge in [-0.15, -0.1) is 0 Å². The summed E-state index contributed by atoms with van der Waals surface area (Å²) in [5.74, 6) is 0.0671. The standard InChI is InChI=1S/C23H24N4O5S/c1-31-21-12-11-20(14-22(21)32-2)33(29,30)27(16-18-8-4-3-5-9-18)17-23(28)26-25-15-19-10-6-7-13-24-19/h3-15H,16-17H2,1-2H3,(H,26,28). The number of rotatable bonds is 10. The fourth-order valence-corrected chi connectivity index (χ4v) is 4.36. The summed E-state index contributed by atoms with van der Waals surface area (Å²) in [6, 6.07) is 18.5. The maximum atomic E-state index is 13.4. The van der Waals surface area contributed by atoms with Crippen molar-refractivity contribution in [2.24, 2.45) is 5.10 Å². The van der Waals surface area contributed by atoms with Gasteiger partial charge in [0.1, 0.15) is 0 Å². The van der Waals surface area contributed by atoms with Crippen molar-refractivity contribution < 1.29 is 22.7 Å². The first-order valence-corrected chi connectivity index (χ1v) is 11.4. The summed E-state index contributed by atoms with van der Waals surface area (Å²) in [5.41, 5.74) is 3.63. The lowest BCUT2D eigenvalue weighted by Gasteiger charge is -2.22. The molecule has 0 spiro atoms. The molecule has 0 fully saturated rings. The van der Waals surface area contributed by atoms with Gasteiger partial charge < -0.3 is 9.47 Å². The molecule has 2 aromatic carbocycles. The molecule has 172 valence electrons. The molecule has 33 heavy (non-hydrogen) atoms. The van der Waals surface area contributed by atoms with Gasteiger partial charge in [-0.3, -0.25) is 9.78 Å². The van der Waals surface area contributed by atoms with Gasteiger partial charge >= 0.3 is 0 Å². The van der Waals surface area contributed by atoms with Crippen molar-refractivity contribution in [1.29, 1.82) is 0 Å². The quantitative estimate of drug-likeness (QED) is 0.362. The molecular formula is C23H24N4O5S. The van der Waals surface area contributed by atoms with Crippen molar-refractivity contribution in [2.75, 3.05) is 20.8 Å². The van der Waals surface area contributed by atoms with Crippen LogP contribution in [0.2, 0.25) is 0 Å². The number of sulfonamides is 1. The molecule has 0 unspecified atom stereocenters. The lowest BCUT2D eigenvalue weighted by molar-refractivity contribution is -0.121. The SMILES string of the molecule is COc1ccc(S(=O)(=O)N(CC(=O)NN=Cc2ccccn2)Cc2ccccc2)cc1OC. The van der Waals surface area contributed by atoms with Crippen LogP contribution in [0.5, 0.6) is 11.5 Å². The summed E-state index contributed by atoms with van der Waals surface area (Å²) >= 11 is 0. The van der Waals surface area contributed by atoms with Gasteiger partial charge in [0.2, 0.25) is 10.0 Å². The number of benzene rings is 2. The van der Waals surface area contributed by atoms with Gasteiger partial charge in [-0.25, -0.2) is 13.8 Å². The fraction of sp³-hybridized carbons (Fsp3) is 0.174. The van der Waals surface area contributed by atoms with E-state index >= 15 is 0 Å². The number of pyridine rings is 1. The molecule has 1 amide bonds. The number of hydrogen-bond donors (Lipinski definition) is 1. The maximum absolute atomic E-state index is 13.4. The van der Waals surface area contributed by atoms with Crippen LogP contribution in [0, 0.1) is 0 Å². The van der Waals surface area contributed by atoms with E-state index in [1.807, 2.05) is 6.07 Å². The van der Waals surface area contributed by atoms with Gasteiger partial charge in [-0.2, -0.15) is 9.41 Å². The fourth-order valence-electron chi connectivity index (χ4n) is 2.96. The summed E-state index contributed by atoms with van der Waals surface area (Å²) in [7, 11) is -1.17. The normalized spacial score (nSPS) is 11.5. The Kier molecular flexibility index (Phi) is 8.11. The predicted octanol–water partition coefficient (Wildman–Crippen LogP) is 2.44. The third-order valence-corrected chi connectivity index (χ3v) is 6.38. The van der Waals surface area contributed by atoms with E-state index in [-0.39, 0.29) is 17.2 Å². The average molecular weight is 469 g/mol. The first-order valence-electron chi connectivity index (χ1n) is 9.93. The second-order valence-corrected chi connectivity index (χ2v) is 8.76. The topological polar surface area (TPSA) is 110 Å². The van der Waals surface area contributed by atoms with Gasteiger partial charge in [0.25, 0.3) is 5.91 Å². The summed E-state index contributed by atoms with van der Waals surface area (Å²) in [4.78, 5) is 16.6. The lowest BCUT2D eigenvalue weighted by atomic mass is 10.2. The van der Waals surface area contributed by atoms with E-state index < -0.39 is 22.5 Å². The number of ether oxygens (including phenoxy) is 2. The van der Waals surface area contributed by atoms with Gasteiger partial charge in [0.05, 0.1) is 37.6 Å². The monoisotopic (exact) mass is 468 g/mol. The van der Waals surface area contributed by atoms with E-state index in [1.165, 1.54) is 38.6 Å². The van der Waals surface area contributed by atoms with Crippen LogP contribution in [0.4, 0.5) is 0 Å². The molecule has 0 aliphatic heterocycles. The zero-order valence-electron chi connectivity index (χ0n) is 18.2. The molecule has 0 radical (unpaired) electrons. The highest BCUT2D eigenvalue weighted by molar-refractivity contribution is 7.89. The Bertz CT molecular complexity index is 1200. The summed E-state index contributed by atoms with van der Waals surface area (Å²) in [6.07, 6.45) is 2.97.